The number of nitrogens with zero attached hydrogens (tertiary/aromatic N) is 1. The second-order valence-electron chi connectivity index (χ2n) is 12.8. The van der Waals surface area contributed by atoms with E-state index in [4.69, 9.17) is 4.42 Å². The summed E-state index contributed by atoms with van der Waals surface area (Å²) in [6.45, 7) is 0. The topological polar surface area (TPSA) is 16.4 Å². The molecule has 0 aliphatic carbocycles. The van der Waals surface area contributed by atoms with E-state index in [0.717, 1.165) is 44.4 Å². The molecule has 0 radical (unpaired) electrons. The van der Waals surface area contributed by atoms with Crippen molar-refractivity contribution in [3.8, 4) is 11.1 Å². The number of rotatable bonds is 4. The van der Waals surface area contributed by atoms with E-state index in [1.807, 2.05) is 22.7 Å². The molecule has 0 atom stereocenters. The molecule has 8 aromatic carbocycles. The summed E-state index contributed by atoms with van der Waals surface area (Å²) in [6.07, 6.45) is 0. The average Bonchev–Trinajstić information content (AvgIpc) is 3.87. The van der Waals surface area contributed by atoms with E-state index >= 15 is 0 Å². The number of furan rings is 1. The van der Waals surface area contributed by atoms with Crippen LogP contribution in [0.2, 0.25) is 0 Å². The van der Waals surface area contributed by atoms with Crippen LogP contribution in [0.4, 0.5) is 17.1 Å². The maximum atomic E-state index is 6.69. The van der Waals surface area contributed by atoms with Crippen molar-refractivity contribution >= 4 is 113 Å². The molecule has 3 heterocycles. The lowest BCUT2D eigenvalue weighted by Crippen LogP contribution is -2.10. The summed E-state index contributed by atoms with van der Waals surface area (Å²) < 4.78 is 11.9. The maximum Gasteiger partial charge on any atom is 0.143 e. The summed E-state index contributed by atoms with van der Waals surface area (Å²) in [7, 11) is 0. The van der Waals surface area contributed by atoms with E-state index in [1.54, 1.807) is 0 Å². The summed E-state index contributed by atoms with van der Waals surface area (Å²) >= 11 is 3.72. The molecule has 11 rings (SSSR count). The van der Waals surface area contributed by atoms with Gasteiger partial charge < -0.3 is 9.32 Å². The van der Waals surface area contributed by atoms with Crippen molar-refractivity contribution in [1.29, 1.82) is 0 Å². The Kier molecular flexibility index (Phi) is 6.03. The molecule has 0 unspecified atom stereocenters. The Morgan fingerprint density at radius 1 is 0.420 bits per heavy atom. The van der Waals surface area contributed by atoms with Crippen molar-refractivity contribution in [1.82, 2.24) is 0 Å². The first-order valence-electron chi connectivity index (χ1n) is 16.8. The van der Waals surface area contributed by atoms with E-state index in [2.05, 4.69) is 169 Å². The fourth-order valence-electron chi connectivity index (χ4n) is 7.84. The van der Waals surface area contributed by atoms with E-state index in [0.29, 0.717) is 0 Å². The van der Waals surface area contributed by atoms with Crippen LogP contribution in [0.3, 0.4) is 0 Å². The molecule has 0 bridgehead atoms. The summed E-state index contributed by atoms with van der Waals surface area (Å²) in [5.74, 6) is 0. The molecule has 0 fully saturated rings. The minimum Gasteiger partial charge on any atom is -0.455 e. The third-order valence-electron chi connectivity index (χ3n) is 10.1. The molecular formula is C46H27NOS2. The summed E-state index contributed by atoms with van der Waals surface area (Å²) in [5, 5.41) is 9.75. The zero-order valence-electron chi connectivity index (χ0n) is 26.8. The third kappa shape index (κ3) is 4.07. The Morgan fingerprint density at radius 3 is 1.98 bits per heavy atom. The smallest absolute Gasteiger partial charge is 0.143 e. The standard InChI is InChI=1S/C46H27NOS2/c1-2-11-32-28(10-1)24-27-36-44-37(16-9-18-39(44)48-45(32)36)47(38-17-7-15-34-33-12-3-5-19-40(33)50-46(34)38)30-25-22-29(23-26-30)31-14-8-21-42-43(31)35-13-4-6-20-41(35)49-42/h1-27H. The van der Waals surface area contributed by atoms with Gasteiger partial charge in [0.25, 0.3) is 0 Å². The van der Waals surface area contributed by atoms with Gasteiger partial charge in [0.1, 0.15) is 11.2 Å². The molecule has 2 nitrogen and oxygen atoms in total. The first-order valence-corrected chi connectivity index (χ1v) is 18.5. The SMILES string of the molecule is c1ccc2c(c1)ccc1c2oc2cccc(N(c3ccc(-c4cccc5sc6ccccc6c45)cc3)c3cccc4c3sc3ccccc34)c21. The minimum atomic E-state index is 0.884. The van der Waals surface area contributed by atoms with Gasteiger partial charge in [0.05, 0.1) is 21.5 Å². The highest BCUT2D eigenvalue weighted by molar-refractivity contribution is 7.26. The van der Waals surface area contributed by atoms with Crippen molar-refractivity contribution in [3.05, 3.63) is 164 Å². The van der Waals surface area contributed by atoms with Gasteiger partial charge in [0, 0.05) is 52.1 Å². The van der Waals surface area contributed by atoms with E-state index in [9.17, 15) is 0 Å². The largest absolute Gasteiger partial charge is 0.455 e. The average molecular weight is 674 g/mol. The fraction of sp³-hybridized carbons (Fsp3) is 0. The Labute approximate surface area is 295 Å². The van der Waals surface area contributed by atoms with Gasteiger partial charge in [-0.1, -0.05) is 109 Å². The number of hydrogen-bond donors (Lipinski definition) is 0. The highest BCUT2D eigenvalue weighted by atomic mass is 32.1. The lowest BCUT2D eigenvalue weighted by atomic mass is 9.99. The van der Waals surface area contributed by atoms with Crippen molar-refractivity contribution in [2.75, 3.05) is 4.90 Å². The quantitative estimate of drug-likeness (QED) is 0.185. The van der Waals surface area contributed by atoms with Gasteiger partial charge in [-0.15, -0.1) is 22.7 Å². The van der Waals surface area contributed by atoms with Crippen LogP contribution >= 0.6 is 22.7 Å². The molecule has 0 saturated carbocycles. The molecular weight excluding hydrogens is 647 g/mol. The molecule has 0 N–H and O–H groups in total. The van der Waals surface area contributed by atoms with Gasteiger partial charge in [0.2, 0.25) is 0 Å². The molecule has 4 heteroatoms. The number of fused-ring (bicyclic) bond motifs is 11. The molecule has 0 saturated heterocycles. The molecule has 50 heavy (non-hydrogen) atoms. The number of hydrogen-bond acceptors (Lipinski definition) is 4. The molecule has 0 spiro atoms. The van der Waals surface area contributed by atoms with Gasteiger partial charge in [-0.2, -0.15) is 0 Å². The van der Waals surface area contributed by atoms with Crippen LogP contribution in [-0.4, -0.2) is 0 Å². The predicted octanol–water partition coefficient (Wildman–Crippen LogP) is 14.6. The molecule has 0 aliphatic heterocycles. The molecule has 234 valence electrons. The van der Waals surface area contributed by atoms with Crippen LogP contribution in [-0.2, 0) is 0 Å². The van der Waals surface area contributed by atoms with Crippen LogP contribution in [0.5, 0.6) is 0 Å². The second kappa shape index (κ2) is 10.8. The van der Waals surface area contributed by atoms with Crippen LogP contribution < -0.4 is 4.90 Å². The molecule has 0 aliphatic rings. The van der Waals surface area contributed by atoms with Crippen LogP contribution in [0, 0.1) is 0 Å². The fourth-order valence-corrected chi connectivity index (χ4v) is 10.2. The summed E-state index contributed by atoms with van der Waals surface area (Å²) in [6, 6.07) is 59.4. The van der Waals surface area contributed by atoms with Crippen molar-refractivity contribution in [2.24, 2.45) is 0 Å². The second-order valence-corrected chi connectivity index (χ2v) is 15.0. The van der Waals surface area contributed by atoms with Crippen LogP contribution in [0.15, 0.2) is 168 Å². The predicted molar refractivity (Wildman–Crippen MR) is 217 cm³/mol. The number of thiophene rings is 2. The first-order chi connectivity index (χ1) is 24.8. The highest BCUT2D eigenvalue weighted by Gasteiger charge is 2.23. The number of anilines is 3. The maximum absolute atomic E-state index is 6.69. The lowest BCUT2D eigenvalue weighted by molar-refractivity contribution is 0.672. The van der Waals surface area contributed by atoms with Crippen LogP contribution in [0.25, 0.3) is 84.2 Å². The molecule has 0 amide bonds. The molecule has 11 aromatic rings. The van der Waals surface area contributed by atoms with Crippen molar-refractivity contribution < 1.29 is 4.42 Å². The Hall–Kier alpha value is -5.94. The highest BCUT2D eigenvalue weighted by Crippen LogP contribution is 2.49. The van der Waals surface area contributed by atoms with Gasteiger partial charge in [0.15, 0.2) is 0 Å². The van der Waals surface area contributed by atoms with E-state index < -0.39 is 0 Å². The van der Waals surface area contributed by atoms with Gasteiger partial charge in [-0.25, -0.2) is 0 Å². The normalized spacial score (nSPS) is 12.0. The van der Waals surface area contributed by atoms with Crippen LogP contribution in [0.1, 0.15) is 0 Å². The van der Waals surface area contributed by atoms with Gasteiger partial charge >= 0.3 is 0 Å². The van der Waals surface area contributed by atoms with Crippen molar-refractivity contribution in [3.63, 3.8) is 0 Å². The van der Waals surface area contributed by atoms with Gasteiger partial charge in [-0.05, 0) is 71.1 Å². The Morgan fingerprint density at radius 2 is 1.10 bits per heavy atom. The summed E-state index contributed by atoms with van der Waals surface area (Å²) in [4.78, 5) is 2.44. The van der Waals surface area contributed by atoms with Gasteiger partial charge in [-0.3, -0.25) is 0 Å². The van der Waals surface area contributed by atoms with Crippen molar-refractivity contribution in [2.45, 2.75) is 0 Å². The van der Waals surface area contributed by atoms with E-state index in [1.165, 1.54) is 56.9 Å². The first kappa shape index (κ1) is 28.0. The summed E-state index contributed by atoms with van der Waals surface area (Å²) in [5.41, 5.74) is 7.64. The zero-order valence-corrected chi connectivity index (χ0v) is 28.4. The zero-order chi connectivity index (χ0) is 32.8. The van der Waals surface area contributed by atoms with E-state index in [-0.39, 0.29) is 0 Å². The molecule has 3 aromatic heterocycles. The third-order valence-corrected chi connectivity index (χ3v) is 12.4. The minimum absolute atomic E-state index is 0.884. The Balaban J connectivity index is 1.17. The Bertz CT molecular complexity index is 3110. The monoisotopic (exact) mass is 673 g/mol. The number of benzene rings is 8. The lowest BCUT2D eigenvalue weighted by Gasteiger charge is -2.27.